The summed E-state index contributed by atoms with van der Waals surface area (Å²) in [6.45, 7) is 1.47. The Morgan fingerprint density at radius 3 is 1.44 bits per heavy atom. The van der Waals surface area contributed by atoms with Gasteiger partial charge in [0, 0.05) is 25.5 Å². The molecule has 0 fully saturated rings. The molecule has 2 aromatic rings. The van der Waals surface area contributed by atoms with Crippen molar-refractivity contribution in [3.8, 4) is 11.5 Å². The molecule has 1 radical (unpaired) electrons. The molecule has 0 atom stereocenters. The molecule has 0 amide bonds. The topological polar surface area (TPSA) is 70.8 Å². The van der Waals surface area contributed by atoms with E-state index >= 15 is 0 Å². The predicted molar refractivity (Wildman–Crippen MR) is 95.2 cm³/mol. The van der Waals surface area contributed by atoms with Crippen molar-refractivity contribution in [2.24, 2.45) is 9.98 Å². The van der Waals surface area contributed by atoms with Gasteiger partial charge in [0.25, 0.3) is 0 Å². The largest absolute Gasteiger partial charge is 2.00 e. The summed E-state index contributed by atoms with van der Waals surface area (Å²) in [6.07, 6.45) is 7.50. The Morgan fingerprint density at radius 1 is 0.640 bits per heavy atom. The van der Waals surface area contributed by atoms with E-state index in [1.54, 1.807) is 48.8 Å². The summed E-state index contributed by atoms with van der Waals surface area (Å²) in [6, 6.07) is 13.8. The number of hydrogen-bond donors (Lipinski definition) is 0. The summed E-state index contributed by atoms with van der Waals surface area (Å²) in [5.41, 5.74) is 1.29. The molecule has 133 valence electrons. The second-order valence-electron chi connectivity index (χ2n) is 5.56. The minimum atomic E-state index is 0. The van der Waals surface area contributed by atoms with Crippen molar-refractivity contribution in [3.63, 3.8) is 0 Å². The van der Waals surface area contributed by atoms with Crippen molar-refractivity contribution in [1.82, 2.24) is 0 Å². The third kappa shape index (κ3) is 8.00. The predicted octanol–water partition coefficient (Wildman–Crippen LogP) is 2.93. The van der Waals surface area contributed by atoms with E-state index in [0.717, 1.165) is 38.8 Å². The first-order chi connectivity index (χ1) is 11.8. The van der Waals surface area contributed by atoms with Gasteiger partial charge in [0.2, 0.25) is 0 Å². The van der Waals surface area contributed by atoms with Gasteiger partial charge in [-0.1, -0.05) is 61.4 Å². The Morgan fingerprint density at radius 2 is 1.04 bits per heavy atom. The fraction of sp³-hybridized carbons (Fsp3) is 0.300. The first-order valence-electron chi connectivity index (χ1n) is 8.29. The van der Waals surface area contributed by atoms with E-state index in [0.29, 0.717) is 11.1 Å². The van der Waals surface area contributed by atoms with Crippen molar-refractivity contribution in [2.45, 2.75) is 25.7 Å². The number of rotatable bonds is 9. The van der Waals surface area contributed by atoms with Crippen LogP contribution >= 0.6 is 0 Å². The molecule has 2 rings (SSSR count). The van der Waals surface area contributed by atoms with Crippen molar-refractivity contribution < 1.29 is 27.0 Å². The normalized spacial score (nSPS) is 11.0. The summed E-state index contributed by atoms with van der Waals surface area (Å²) < 4.78 is 0. The molecule has 0 aliphatic carbocycles. The van der Waals surface area contributed by atoms with Gasteiger partial charge in [0.05, 0.1) is 0 Å². The van der Waals surface area contributed by atoms with Crippen LogP contribution in [0.15, 0.2) is 58.5 Å². The van der Waals surface area contributed by atoms with E-state index in [2.05, 4.69) is 9.98 Å². The van der Waals surface area contributed by atoms with Gasteiger partial charge in [-0.25, -0.2) is 0 Å². The van der Waals surface area contributed by atoms with Crippen LogP contribution in [0.25, 0.3) is 0 Å². The Bertz CT molecular complexity index is 627. The maximum atomic E-state index is 11.5. The third-order valence-electron chi connectivity index (χ3n) is 3.62. The average Bonchev–Trinajstić information content (AvgIpc) is 2.59. The van der Waals surface area contributed by atoms with E-state index in [-0.39, 0.29) is 28.3 Å². The number of nitrogens with zero attached hydrogens (tertiary/aromatic N) is 2. The molecule has 0 aromatic heterocycles. The van der Waals surface area contributed by atoms with Gasteiger partial charge in [-0.2, -0.15) is 0 Å². The first kappa shape index (κ1) is 20.9. The molecule has 0 bridgehead atoms. The van der Waals surface area contributed by atoms with E-state index < -0.39 is 0 Å². The standard InChI is InChI=1S/C20H24N2O2.Co/c23-19-11-5-3-9-17(19)15-21-13-7-1-2-8-14-22-16-18-10-4-6-12-20(18)24;/h3-6,9-12,15-16,23-24H,1-2,7-8,13-14H2;/q;+2/p-2. The van der Waals surface area contributed by atoms with Crippen LogP contribution in [-0.2, 0) is 16.8 Å². The molecule has 0 unspecified atom stereocenters. The van der Waals surface area contributed by atoms with Gasteiger partial charge in [-0.15, -0.1) is 11.5 Å². The van der Waals surface area contributed by atoms with Gasteiger partial charge in [0.15, 0.2) is 0 Å². The zero-order chi connectivity index (χ0) is 17.0. The maximum absolute atomic E-state index is 11.5. The number of aliphatic imine (C=N–C) groups is 2. The monoisotopic (exact) mass is 381 g/mol. The average molecular weight is 381 g/mol. The van der Waals surface area contributed by atoms with Crippen LogP contribution in [-0.4, -0.2) is 25.5 Å². The smallest absolute Gasteiger partial charge is 0.872 e. The molecule has 4 nitrogen and oxygen atoms in total. The molecular weight excluding hydrogens is 359 g/mol. The molecule has 2 aromatic carbocycles. The third-order valence-corrected chi connectivity index (χ3v) is 3.62. The summed E-state index contributed by atoms with van der Waals surface area (Å²) in [5, 5.41) is 23.0. The van der Waals surface area contributed by atoms with Crippen LogP contribution in [0.1, 0.15) is 36.8 Å². The van der Waals surface area contributed by atoms with E-state index in [1.807, 2.05) is 12.1 Å². The van der Waals surface area contributed by atoms with Gasteiger partial charge in [-0.05, 0) is 24.0 Å². The molecule has 0 aliphatic rings. The van der Waals surface area contributed by atoms with Crippen LogP contribution < -0.4 is 10.2 Å². The summed E-state index contributed by atoms with van der Waals surface area (Å²) in [4.78, 5) is 8.59. The molecule has 0 heterocycles. The van der Waals surface area contributed by atoms with Crippen LogP contribution in [0.3, 0.4) is 0 Å². The second kappa shape index (κ2) is 12.3. The number of para-hydroxylation sites is 2. The number of unbranched alkanes of at least 4 members (excludes halogenated alkanes) is 3. The zero-order valence-electron chi connectivity index (χ0n) is 14.1. The SMILES string of the molecule is [Co+2].[O-]c1ccccc1C=NCCCCCCN=Cc1ccccc1[O-]. The molecular formula is C20H22CoN2O2. The zero-order valence-corrected chi connectivity index (χ0v) is 15.1. The summed E-state index contributed by atoms with van der Waals surface area (Å²) in [5.74, 6) is 0.0255. The molecule has 0 N–H and O–H groups in total. The van der Waals surface area contributed by atoms with Crippen LogP contribution in [0, 0.1) is 0 Å². The second-order valence-corrected chi connectivity index (χ2v) is 5.56. The van der Waals surface area contributed by atoms with E-state index in [1.165, 1.54) is 0 Å². The summed E-state index contributed by atoms with van der Waals surface area (Å²) in [7, 11) is 0. The van der Waals surface area contributed by atoms with Crippen molar-refractivity contribution in [1.29, 1.82) is 0 Å². The first-order valence-corrected chi connectivity index (χ1v) is 8.29. The Kier molecular flexibility index (Phi) is 10.3. The fourth-order valence-electron chi connectivity index (χ4n) is 2.26. The van der Waals surface area contributed by atoms with Crippen LogP contribution in [0.2, 0.25) is 0 Å². The van der Waals surface area contributed by atoms with Crippen molar-refractivity contribution in [2.75, 3.05) is 13.1 Å². The molecule has 25 heavy (non-hydrogen) atoms. The number of hydrogen-bond acceptors (Lipinski definition) is 4. The molecule has 0 saturated heterocycles. The van der Waals surface area contributed by atoms with E-state index in [9.17, 15) is 10.2 Å². The van der Waals surface area contributed by atoms with Gasteiger partial charge in [-0.3, -0.25) is 9.98 Å². The molecule has 0 aliphatic heterocycles. The fourth-order valence-corrected chi connectivity index (χ4v) is 2.26. The quantitative estimate of drug-likeness (QED) is 0.495. The van der Waals surface area contributed by atoms with Crippen LogP contribution in [0.4, 0.5) is 0 Å². The Hall–Kier alpha value is -2.11. The Balaban J connectivity index is 0.00000312. The minimum Gasteiger partial charge on any atom is -0.872 e. The minimum absolute atomic E-state index is 0. The van der Waals surface area contributed by atoms with Crippen LogP contribution in [0.5, 0.6) is 11.5 Å². The van der Waals surface area contributed by atoms with Gasteiger partial charge in [0.1, 0.15) is 0 Å². The van der Waals surface area contributed by atoms with Gasteiger partial charge >= 0.3 is 16.8 Å². The van der Waals surface area contributed by atoms with Crippen molar-refractivity contribution in [3.05, 3.63) is 59.7 Å². The summed E-state index contributed by atoms with van der Waals surface area (Å²) >= 11 is 0. The van der Waals surface area contributed by atoms with Crippen molar-refractivity contribution >= 4 is 12.4 Å². The molecule has 0 spiro atoms. The number of benzene rings is 2. The van der Waals surface area contributed by atoms with E-state index in [4.69, 9.17) is 0 Å². The molecule has 5 heteroatoms. The maximum Gasteiger partial charge on any atom is 2.00 e. The van der Waals surface area contributed by atoms with Gasteiger partial charge < -0.3 is 10.2 Å². The molecule has 0 saturated carbocycles. The Labute approximate surface area is 159 Å².